The molecule has 0 amide bonds. The van der Waals surface area contributed by atoms with Crippen LogP contribution in [0, 0.1) is 5.41 Å². The number of hydrogen-bond acceptors (Lipinski definition) is 2. The highest BCUT2D eigenvalue weighted by molar-refractivity contribution is 5.79. The third-order valence-corrected chi connectivity index (χ3v) is 3.74. The molecule has 1 aliphatic rings. The van der Waals surface area contributed by atoms with Gasteiger partial charge in [-0.15, -0.1) is 0 Å². The van der Waals surface area contributed by atoms with Crippen molar-refractivity contribution in [1.82, 2.24) is 10.7 Å². The quantitative estimate of drug-likeness (QED) is 0.232. The van der Waals surface area contributed by atoms with Crippen LogP contribution in [0.25, 0.3) is 0 Å². The molecule has 1 saturated carbocycles. The van der Waals surface area contributed by atoms with Crippen LogP contribution in [-0.2, 0) is 0 Å². The first-order valence-electron chi connectivity index (χ1n) is 6.87. The Morgan fingerprint density at radius 2 is 2.18 bits per heavy atom. The van der Waals surface area contributed by atoms with Crippen molar-refractivity contribution in [2.24, 2.45) is 16.3 Å². The van der Waals surface area contributed by atoms with Gasteiger partial charge in [-0.05, 0) is 24.7 Å². The van der Waals surface area contributed by atoms with Gasteiger partial charge in [0, 0.05) is 12.6 Å². The zero-order chi connectivity index (χ0) is 12.7. The fraction of sp³-hybridized carbons (Fsp3) is 0.923. The standard InChI is InChI=1S/C13H28N4/c1-4-5-10-15-12(17-14)16-11-8-6-7-9-13(11,2)3/h11H,4-10,14H2,1-3H3,(H2,15,16,17). The molecule has 0 aliphatic heterocycles. The summed E-state index contributed by atoms with van der Waals surface area (Å²) in [5.41, 5.74) is 3.02. The number of rotatable bonds is 4. The maximum Gasteiger partial charge on any atom is 0.205 e. The molecule has 0 heterocycles. The molecule has 1 fully saturated rings. The second kappa shape index (κ2) is 6.84. The summed E-state index contributed by atoms with van der Waals surface area (Å²) in [6.07, 6.45) is 7.40. The van der Waals surface area contributed by atoms with Gasteiger partial charge < -0.3 is 5.32 Å². The molecule has 1 aliphatic carbocycles. The minimum Gasteiger partial charge on any atom is -0.352 e. The summed E-state index contributed by atoms with van der Waals surface area (Å²) in [4.78, 5) is 4.46. The average molecular weight is 240 g/mol. The van der Waals surface area contributed by atoms with Gasteiger partial charge in [0.1, 0.15) is 0 Å². The molecular weight excluding hydrogens is 212 g/mol. The lowest BCUT2D eigenvalue weighted by Gasteiger charge is -2.39. The maximum atomic E-state index is 5.52. The summed E-state index contributed by atoms with van der Waals surface area (Å²) in [5, 5.41) is 3.47. The topological polar surface area (TPSA) is 62.4 Å². The molecule has 4 heteroatoms. The molecule has 4 N–H and O–H groups in total. The van der Waals surface area contributed by atoms with Crippen molar-refractivity contribution in [3.05, 3.63) is 0 Å². The first kappa shape index (κ1) is 14.3. The molecule has 0 spiro atoms. The van der Waals surface area contributed by atoms with Gasteiger partial charge in [-0.3, -0.25) is 10.4 Å². The highest BCUT2D eigenvalue weighted by Gasteiger charge is 2.32. The Labute approximate surface area is 105 Å². The summed E-state index contributed by atoms with van der Waals surface area (Å²) < 4.78 is 0. The molecule has 0 aromatic carbocycles. The van der Waals surface area contributed by atoms with Crippen molar-refractivity contribution in [2.45, 2.75) is 65.3 Å². The third kappa shape index (κ3) is 4.54. The van der Waals surface area contributed by atoms with Crippen molar-refractivity contribution in [3.63, 3.8) is 0 Å². The van der Waals surface area contributed by atoms with Crippen LogP contribution in [-0.4, -0.2) is 18.5 Å². The Kier molecular flexibility index (Phi) is 5.75. The lowest BCUT2D eigenvalue weighted by molar-refractivity contribution is 0.185. The van der Waals surface area contributed by atoms with E-state index in [1.807, 2.05) is 0 Å². The predicted octanol–water partition coefficient (Wildman–Crippen LogP) is 2.16. The van der Waals surface area contributed by atoms with E-state index in [9.17, 15) is 0 Å². The first-order valence-corrected chi connectivity index (χ1v) is 6.87. The molecule has 1 unspecified atom stereocenters. The highest BCUT2D eigenvalue weighted by atomic mass is 15.3. The van der Waals surface area contributed by atoms with Gasteiger partial charge in [0.05, 0.1) is 0 Å². The Bertz CT molecular complexity index is 248. The SMILES string of the molecule is CCCCN=C(NN)NC1CCCCC1(C)C. The molecule has 0 saturated heterocycles. The normalized spacial score (nSPS) is 24.5. The second-order valence-electron chi connectivity index (χ2n) is 5.66. The predicted molar refractivity (Wildman–Crippen MR) is 73.7 cm³/mol. The first-order chi connectivity index (χ1) is 8.10. The van der Waals surface area contributed by atoms with Gasteiger partial charge in [-0.2, -0.15) is 0 Å². The molecule has 0 bridgehead atoms. The minimum atomic E-state index is 0.334. The largest absolute Gasteiger partial charge is 0.352 e. The number of aliphatic imine (C=N–C) groups is 1. The highest BCUT2D eigenvalue weighted by Crippen LogP contribution is 2.35. The zero-order valence-electron chi connectivity index (χ0n) is 11.6. The van der Waals surface area contributed by atoms with E-state index < -0.39 is 0 Å². The van der Waals surface area contributed by atoms with E-state index in [-0.39, 0.29) is 0 Å². The molecule has 17 heavy (non-hydrogen) atoms. The molecule has 0 aromatic heterocycles. The van der Waals surface area contributed by atoms with Crippen LogP contribution in [0.5, 0.6) is 0 Å². The lowest BCUT2D eigenvalue weighted by atomic mass is 9.73. The average Bonchev–Trinajstić information content (AvgIpc) is 2.30. The van der Waals surface area contributed by atoms with Crippen LogP contribution in [0.4, 0.5) is 0 Å². The van der Waals surface area contributed by atoms with Crippen LogP contribution in [0.15, 0.2) is 4.99 Å². The van der Waals surface area contributed by atoms with Gasteiger partial charge in [0.25, 0.3) is 0 Å². The molecule has 0 radical (unpaired) electrons. The van der Waals surface area contributed by atoms with Crippen LogP contribution in [0.2, 0.25) is 0 Å². The number of unbranched alkanes of at least 4 members (excludes halogenated alkanes) is 1. The Hall–Kier alpha value is -0.770. The van der Waals surface area contributed by atoms with E-state index in [1.165, 1.54) is 25.7 Å². The second-order valence-corrected chi connectivity index (χ2v) is 5.66. The monoisotopic (exact) mass is 240 g/mol. The number of hydrazine groups is 1. The van der Waals surface area contributed by atoms with Crippen LogP contribution >= 0.6 is 0 Å². The van der Waals surface area contributed by atoms with Crippen LogP contribution in [0.3, 0.4) is 0 Å². The van der Waals surface area contributed by atoms with Crippen molar-refractivity contribution < 1.29 is 0 Å². The van der Waals surface area contributed by atoms with Crippen molar-refractivity contribution >= 4 is 5.96 Å². The zero-order valence-corrected chi connectivity index (χ0v) is 11.6. The lowest BCUT2D eigenvalue weighted by Crippen LogP contribution is -2.52. The number of nitrogens with two attached hydrogens (primary N) is 1. The summed E-state index contributed by atoms with van der Waals surface area (Å²) in [6, 6.07) is 0.479. The van der Waals surface area contributed by atoms with Crippen molar-refractivity contribution in [1.29, 1.82) is 0 Å². The third-order valence-electron chi connectivity index (χ3n) is 3.74. The maximum absolute atomic E-state index is 5.52. The van der Waals surface area contributed by atoms with E-state index in [2.05, 4.69) is 36.5 Å². The van der Waals surface area contributed by atoms with Crippen molar-refractivity contribution in [2.75, 3.05) is 6.54 Å². The molecule has 0 aromatic rings. The Morgan fingerprint density at radius 3 is 2.76 bits per heavy atom. The fourth-order valence-corrected chi connectivity index (χ4v) is 2.41. The number of guanidine groups is 1. The van der Waals surface area contributed by atoms with E-state index in [0.717, 1.165) is 25.3 Å². The molecular formula is C13H28N4. The van der Waals surface area contributed by atoms with Gasteiger partial charge in [-0.1, -0.05) is 40.0 Å². The number of hydrogen-bond donors (Lipinski definition) is 3. The number of nitrogens with one attached hydrogen (secondary N) is 2. The molecule has 4 nitrogen and oxygen atoms in total. The molecule has 100 valence electrons. The van der Waals surface area contributed by atoms with Crippen molar-refractivity contribution in [3.8, 4) is 0 Å². The van der Waals surface area contributed by atoms with E-state index in [1.54, 1.807) is 0 Å². The molecule has 1 atom stereocenters. The smallest absolute Gasteiger partial charge is 0.205 e. The van der Waals surface area contributed by atoms with E-state index >= 15 is 0 Å². The van der Waals surface area contributed by atoms with E-state index in [0.29, 0.717) is 11.5 Å². The van der Waals surface area contributed by atoms with Gasteiger partial charge in [-0.25, -0.2) is 5.84 Å². The van der Waals surface area contributed by atoms with Gasteiger partial charge >= 0.3 is 0 Å². The van der Waals surface area contributed by atoms with Crippen LogP contribution in [0.1, 0.15) is 59.3 Å². The fourth-order valence-electron chi connectivity index (χ4n) is 2.41. The number of nitrogens with zero attached hydrogens (tertiary/aromatic N) is 1. The Balaban J connectivity index is 2.51. The van der Waals surface area contributed by atoms with Crippen LogP contribution < -0.4 is 16.6 Å². The summed E-state index contributed by atoms with van der Waals surface area (Å²) in [6.45, 7) is 7.66. The Morgan fingerprint density at radius 1 is 1.41 bits per heavy atom. The summed E-state index contributed by atoms with van der Waals surface area (Å²) in [5.74, 6) is 6.27. The van der Waals surface area contributed by atoms with Gasteiger partial charge in [0.15, 0.2) is 0 Å². The minimum absolute atomic E-state index is 0.334. The van der Waals surface area contributed by atoms with E-state index in [4.69, 9.17) is 5.84 Å². The molecule has 1 rings (SSSR count). The summed E-state index contributed by atoms with van der Waals surface area (Å²) >= 11 is 0. The summed E-state index contributed by atoms with van der Waals surface area (Å²) in [7, 11) is 0. The van der Waals surface area contributed by atoms with Gasteiger partial charge in [0.2, 0.25) is 5.96 Å².